The van der Waals surface area contributed by atoms with E-state index >= 15 is 0 Å². The predicted octanol–water partition coefficient (Wildman–Crippen LogP) is 3.92. The summed E-state index contributed by atoms with van der Waals surface area (Å²) in [4.78, 5) is 25.2. The number of ether oxygens (including phenoxy) is 1. The number of rotatable bonds is 6. The first-order valence-corrected chi connectivity index (χ1v) is 11.6. The number of nitrogens with zero attached hydrogens (tertiary/aromatic N) is 4. The Hall–Kier alpha value is -3.05. The van der Waals surface area contributed by atoms with Crippen LogP contribution >= 0.6 is 11.6 Å². The number of hydrogen-bond donors (Lipinski definition) is 3. The Morgan fingerprint density at radius 1 is 1.15 bits per heavy atom. The molecule has 3 heterocycles. The van der Waals surface area contributed by atoms with Crippen LogP contribution in [0, 0.1) is 17.6 Å². The van der Waals surface area contributed by atoms with Crippen molar-refractivity contribution in [1.29, 1.82) is 0 Å². The van der Waals surface area contributed by atoms with Crippen LogP contribution in [0.2, 0.25) is 5.02 Å². The maximum atomic E-state index is 14.5. The third kappa shape index (κ3) is 4.49. The predicted molar refractivity (Wildman–Crippen MR) is 123 cm³/mol. The van der Waals surface area contributed by atoms with E-state index in [-0.39, 0.29) is 40.6 Å². The van der Waals surface area contributed by atoms with Crippen molar-refractivity contribution in [2.24, 2.45) is 11.7 Å². The number of carbonyl (C=O) groups excluding carboxylic acids is 1. The van der Waals surface area contributed by atoms with Gasteiger partial charge in [0, 0.05) is 23.6 Å². The van der Waals surface area contributed by atoms with E-state index in [1.807, 2.05) is 4.57 Å². The zero-order valence-corrected chi connectivity index (χ0v) is 19.0. The Bertz CT molecular complexity index is 1200. The fourth-order valence-electron chi connectivity index (χ4n) is 4.62. The van der Waals surface area contributed by atoms with Gasteiger partial charge in [0.2, 0.25) is 17.8 Å². The second-order valence-electron chi connectivity index (χ2n) is 8.69. The minimum absolute atomic E-state index is 0.0451. The van der Waals surface area contributed by atoms with E-state index < -0.39 is 11.6 Å². The lowest BCUT2D eigenvalue weighted by Crippen LogP contribution is -2.29. The first kappa shape index (κ1) is 22.7. The van der Waals surface area contributed by atoms with E-state index in [0.717, 1.165) is 18.6 Å². The van der Waals surface area contributed by atoms with Crippen LogP contribution in [0.15, 0.2) is 18.3 Å². The fourth-order valence-corrected chi connectivity index (χ4v) is 4.81. The zero-order chi connectivity index (χ0) is 23.8. The maximum absolute atomic E-state index is 14.5. The van der Waals surface area contributed by atoms with Crippen LogP contribution in [0.4, 0.5) is 26.4 Å². The quantitative estimate of drug-likeness (QED) is 0.478. The molecule has 1 saturated heterocycles. The standard InChI is InChI=1S/C22H24ClF2N7O2/c23-12-7-15(24)18(16(25)8-12)30-22-29-17-9-27-21(28-13-5-6-34-10-13)31-20(17)32(22)14-3-1-11(2-4-14)19(26)33/h7-9,11,13-14H,1-6,10H2,(H2,26,33)(H,29,30)(H,27,28,31)/t11?,13-,14?/m0/s1. The Kier molecular flexibility index (Phi) is 6.22. The smallest absolute Gasteiger partial charge is 0.225 e. The first-order chi connectivity index (χ1) is 16.4. The van der Waals surface area contributed by atoms with Gasteiger partial charge in [-0.05, 0) is 44.2 Å². The van der Waals surface area contributed by atoms with Crippen molar-refractivity contribution in [1.82, 2.24) is 19.5 Å². The molecule has 5 rings (SSSR count). The fraction of sp³-hybridized carbons (Fsp3) is 0.455. The molecule has 1 aliphatic heterocycles. The summed E-state index contributed by atoms with van der Waals surface area (Å²) in [6.45, 7) is 1.24. The molecule has 4 N–H and O–H groups in total. The van der Waals surface area contributed by atoms with Gasteiger partial charge >= 0.3 is 0 Å². The second kappa shape index (κ2) is 9.30. The van der Waals surface area contributed by atoms with Gasteiger partial charge in [0.05, 0.1) is 18.8 Å². The molecule has 1 saturated carbocycles. The number of imidazole rings is 1. The number of amides is 1. The van der Waals surface area contributed by atoms with E-state index in [1.54, 1.807) is 6.20 Å². The molecule has 0 radical (unpaired) electrons. The van der Waals surface area contributed by atoms with E-state index in [4.69, 9.17) is 22.1 Å². The van der Waals surface area contributed by atoms with Gasteiger partial charge in [-0.2, -0.15) is 4.98 Å². The van der Waals surface area contributed by atoms with Crippen LogP contribution in [-0.4, -0.2) is 44.7 Å². The molecule has 2 aromatic heterocycles. The summed E-state index contributed by atoms with van der Waals surface area (Å²) in [5.74, 6) is -1.53. The molecule has 9 nitrogen and oxygen atoms in total. The van der Waals surface area contributed by atoms with Crippen molar-refractivity contribution in [2.75, 3.05) is 23.8 Å². The molecule has 34 heavy (non-hydrogen) atoms. The molecule has 12 heteroatoms. The summed E-state index contributed by atoms with van der Waals surface area (Å²) < 4.78 is 36.3. The molecule has 2 fully saturated rings. The molecular weight excluding hydrogens is 468 g/mol. The topological polar surface area (TPSA) is 120 Å². The van der Waals surface area contributed by atoms with Gasteiger partial charge in [-0.25, -0.2) is 18.7 Å². The molecule has 1 atom stereocenters. The van der Waals surface area contributed by atoms with Crippen molar-refractivity contribution in [2.45, 2.75) is 44.2 Å². The second-order valence-corrected chi connectivity index (χ2v) is 9.13. The third-order valence-corrected chi connectivity index (χ3v) is 6.62. The highest BCUT2D eigenvalue weighted by Gasteiger charge is 2.30. The Labute approximate surface area is 199 Å². The number of benzene rings is 1. The average molecular weight is 492 g/mol. The summed E-state index contributed by atoms with van der Waals surface area (Å²) in [5, 5.41) is 6.01. The summed E-state index contributed by atoms with van der Waals surface area (Å²) in [5.41, 5.74) is 6.13. The summed E-state index contributed by atoms with van der Waals surface area (Å²) in [7, 11) is 0. The number of carbonyl (C=O) groups is 1. The number of nitrogens with one attached hydrogen (secondary N) is 2. The highest BCUT2D eigenvalue weighted by molar-refractivity contribution is 6.30. The lowest BCUT2D eigenvalue weighted by Gasteiger charge is -2.29. The van der Waals surface area contributed by atoms with Gasteiger partial charge in [0.25, 0.3) is 0 Å². The number of anilines is 3. The Balaban J connectivity index is 1.54. The van der Waals surface area contributed by atoms with Gasteiger partial charge in [-0.15, -0.1) is 0 Å². The minimum atomic E-state index is -0.837. The molecular formula is C22H24ClF2N7O2. The molecule has 0 spiro atoms. The third-order valence-electron chi connectivity index (χ3n) is 6.40. The van der Waals surface area contributed by atoms with Crippen LogP contribution in [0.5, 0.6) is 0 Å². The van der Waals surface area contributed by atoms with Crippen LogP contribution in [-0.2, 0) is 9.53 Å². The number of nitrogens with two attached hydrogens (primary N) is 1. The number of fused-ring (bicyclic) bond motifs is 1. The molecule has 180 valence electrons. The molecule has 1 aliphatic carbocycles. The van der Waals surface area contributed by atoms with Crippen LogP contribution in [0.3, 0.4) is 0 Å². The maximum Gasteiger partial charge on any atom is 0.225 e. The number of hydrogen-bond acceptors (Lipinski definition) is 7. The summed E-state index contributed by atoms with van der Waals surface area (Å²) in [6.07, 6.45) is 4.92. The van der Waals surface area contributed by atoms with Gasteiger partial charge in [0.1, 0.15) is 11.2 Å². The Morgan fingerprint density at radius 2 is 1.88 bits per heavy atom. The van der Waals surface area contributed by atoms with Crippen molar-refractivity contribution in [3.8, 4) is 0 Å². The normalized spacial score (nSPS) is 22.7. The molecule has 0 bridgehead atoms. The van der Waals surface area contributed by atoms with E-state index in [2.05, 4.69) is 25.6 Å². The van der Waals surface area contributed by atoms with Gasteiger partial charge in [-0.3, -0.25) is 9.36 Å². The van der Waals surface area contributed by atoms with Crippen molar-refractivity contribution in [3.05, 3.63) is 35.0 Å². The van der Waals surface area contributed by atoms with E-state index in [9.17, 15) is 13.6 Å². The minimum Gasteiger partial charge on any atom is -0.379 e. The SMILES string of the molecule is NC(=O)C1CCC(n2c(Nc3c(F)cc(Cl)cc3F)nc3cnc(N[C@H]4CCOC4)nc32)CC1. The molecule has 2 aliphatic rings. The lowest BCUT2D eigenvalue weighted by atomic mass is 9.85. The lowest BCUT2D eigenvalue weighted by molar-refractivity contribution is -0.122. The largest absolute Gasteiger partial charge is 0.379 e. The number of halogens is 3. The summed E-state index contributed by atoms with van der Waals surface area (Å²) in [6, 6.07) is 2.07. The Morgan fingerprint density at radius 3 is 2.53 bits per heavy atom. The number of aromatic nitrogens is 4. The average Bonchev–Trinajstić information content (AvgIpc) is 3.43. The molecule has 0 unspecified atom stereocenters. The van der Waals surface area contributed by atoms with Crippen LogP contribution in [0.1, 0.15) is 38.1 Å². The van der Waals surface area contributed by atoms with Crippen molar-refractivity contribution < 1.29 is 18.3 Å². The van der Waals surface area contributed by atoms with Gasteiger partial charge < -0.3 is 21.1 Å². The van der Waals surface area contributed by atoms with E-state index in [0.29, 0.717) is 56.0 Å². The summed E-state index contributed by atoms with van der Waals surface area (Å²) >= 11 is 5.77. The molecule has 3 aromatic rings. The highest BCUT2D eigenvalue weighted by atomic mass is 35.5. The number of primary amides is 1. The highest BCUT2D eigenvalue weighted by Crippen LogP contribution is 2.37. The van der Waals surface area contributed by atoms with Gasteiger partial charge in [-0.1, -0.05) is 11.6 Å². The van der Waals surface area contributed by atoms with Crippen molar-refractivity contribution >= 4 is 46.3 Å². The van der Waals surface area contributed by atoms with Crippen molar-refractivity contribution in [3.63, 3.8) is 0 Å². The zero-order valence-electron chi connectivity index (χ0n) is 18.2. The van der Waals surface area contributed by atoms with Crippen LogP contribution < -0.4 is 16.4 Å². The van der Waals surface area contributed by atoms with Gasteiger partial charge in [0.15, 0.2) is 17.3 Å². The van der Waals surface area contributed by atoms with Crippen LogP contribution in [0.25, 0.3) is 11.2 Å². The van der Waals surface area contributed by atoms with E-state index in [1.165, 1.54) is 0 Å². The molecule has 1 aromatic carbocycles. The first-order valence-electron chi connectivity index (χ1n) is 11.2. The molecule has 1 amide bonds. The monoisotopic (exact) mass is 491 g/mol.